The lowest BCUT2D eigenvalue weighted by molar-refractivity contribution is -0.0934. The Morgan fingerprint density at radius 2 is 2.00 bits per heavy atom. The first-order valence-electron chi connectivity index (χ1n) is 10.7. The predicted molar refractivity (Wildman–Crippen MR) is 115 cm³/mol. The summed E-state index contributed by atoms with van der Waals surface area (Å²) in [5.41, 5.74) is 3.96. The van der Waals surface area contributed by atoms with Crippen LogP contribution in [0.1, 0.15) is 54.1 Å². The van der Waals surface area contributed by atoms with E-state index in [2.05, 4.69) is 30.7 Å². The van der Waals surface area contributed by atoms with Gasteiger partial charge in [-0.1, -0.05) is 0 Å². The van der Waals surface area contributed by atoms with Crippen molar-refractivity contribution in [3.63, 3.8) is 0 Å². The van der Waals surface area contributed by atoms with Gasteiger partial charge in [0.05, 0.1) is 18.8 Å². The molecule has 2 aliphatic rings. The van der Waals surface area contributed by atoms with Crippen LogP contribution < -0.4 is 10.3 Å². The van der Waals surface area contributed by atoms with E-state index in [1.54, 1.807) is 19.2 Å². The Hall–Kier alpha value is -3.56. The van der Waals surface area contributed by atoms with Crippen molar-refractivity contribution in [1.82, 2.24) is 24.9 Å². The minimum atomic E-state index is -4.43. The fourth-order valence-corrected chi connectivity index (χ4v) is 4.16. The molecule has 0 spiro atoms. The lowest BCUT2D eigenvalue weighted by atomic mass is 9.90. The van der Waals surface area contributed by atoms with Crippen LogP contribution in [-0.2, 0) is 4.74 Å². The smallest absolute Gasteiger partial charge is 0.420 e. The average Bonchev–Trinajstić information content (AvgIpc) is 2.77. The number of methoxy groups -OCH3 is 1. The minimum absolute atomic E-state index is 0.121. The van der Waals surface area contributed by atoms with Gasteiger partial charge in [0.25, 0.3) is 0 Å². The van der Waals surface area contributed by atoms with Crippen molar-refractivity contribution < 1.29 is 22.6 Å². The number of aromatic amines is 1. The van der Waals surface area contributed by atoms with Crippen LogP contribution in [0.4, 0.5) is 13.2 Å². The Morgan fingerprint density at radius 3 is 2.68 bits per heavy atom. The third kappa shape index (κ3) is 4.08. The summed E-state index contributed by atoms with van der Waals surface area (Å²) in [5, 5.41) is 0. The minimum Gasteiger partial charge on any atom is -0.480 e. The van der Waals surface area contributed by atoms with E-state index in [-0.39, 0.29) is 41.1 Å². The van der Waals surface area contributed by atoms with Gasteiger partial charge in [0, 0.05) is 36.8 Å². The third-order valence-corrected chi connectivity index (χ3v) is 5.99. The predicted octanol–water partition coefficient (Wildman–Crippen LogP) is 3.94. The highest BCUT2D eigenvalue weighted by atomic mass is 19.4. The number of ether oxygens (including phenoxy) is 2. The molecule has 1 aliphatic heterocycles. The molecule has 0 unspecified atom stereocenters. The number of aromatic nitrogens is 5. The SMILES string of the molecule is COc1nc2c(C3=C=C(C(F)(F)F)C3)nc([C@H]3CCO[C@@H](c4ccc(=O)[nH]c4)C3)nc2nc1C. The number of aryl methyl sites for hydroxylation is 1. The zero-order valence-electron chi connectivity index (χ0n) is 18.4. The fraction of sp³-hybridized carbons (Fsp3) is 0.391. The summed E-state index contributed by atoms with van der Waals surface area (Å²) >= 11 is 0. The maximum atomic E-state index is 13.0. The van der Waals surface area contributed by atoms with Gasteiger partial charge in [0.1, 0.15) is 22.7 Å². The molecule has 0 radical (unpaired) electrons. The maximum absolute atomic E-state index is 13.0. The molecule has 34 heavy (non-hydrogen) atoms. The van der Waals surface area contributed by atoms with E-state index in [4.69, 9.17) is 9.47 Å². The first-order chi connectivity index (χ1) is 16.2. The van der Waals surface area contributed by atoms with Gasteiger partial charge in [-0.05, 0) is 31.4 Å². The van der Waals surface area contributed by atoms with E-state index in [0.29, 0.717) is 42.2 Å². The number of H-pyrrole nitrogens is 1. The Labute approximate surface area is 191 Å². The molecule has 8 nitrogen and oxygen atoms in total. The summed E-state index contributed by atoms with van der Waals surface area (Å²) in [6.45, 7) is 2.16. The molecule has 3 aromatic heterocycles. The van der Waals surface area contributed by atoms with E-state index in [9.17, 15) is 18.0 Å². The third-order valence-electron chi connectivity index (χ3n) is 5.99. The first-order valence-corrected chi connectivity index (χ1v) is 10.7. The molecule has 0 saturated carbocycles. The van der Waals surface area contributed by atoms with Gasteiger partial charge in [-0.25, -0.2) is 19.9 Å². The normalized spacial score (nSPS) is 20.5. The molecule has 1 fully saturated rings. The molecule has 4 heterocycles. The van der Waals surface area contributed by atoms with E-state index in [1.807, 2.05) is 0 Å². The highest BCUT2D eigenvalue weighted by Gasteiger charge is 2.39. The van der Waals surface area contributed by atoms with E-state index in [1.165, 1.54) is 13.2 Å². The van der Waals surface area contributed by atoms with Crippen molar-refractivity contribution in [3.05, 3.63) is 62.8 Å². The molecule has 0 bridgehead atoms. The van der Waals surface area contributed by atoms with Gasteiger partial charge < -0.3 is 14.5 Å². The topological polar surface area (TPSA) is 103 Å². The number of halogens is 3. The second-order valence-electron chi connectivity index (χ2n) is 8.24. The summed E-state index contributed by atoms with van der Waals surface area (Å²) in [7, 11) is 1.45. The number of rotatable bonds is 4. The van der Waals surface area contributed by atoms with Crippen LogP contribution in [0, 0.1) is 6.92 Å². The molecule has 176 valence electrons. The summed E-state index contributed by atoms with van der Waals surface area (Å²) in [6, 6.07) is 3.15. The lowest BCUT2D eigenvalue weighted by Gasteiger charge is -2.29. The van der Waals surface area contributed by atoms with Gasteiger partial charge in [0.15, 0.2) is 5.65 Å². The largest absolute Gasteiger partial charge is 0.480 e. The summed E-state index contributed by atoms with van der Waals surface area (Å²) in [4.78, 5) is 32.2. The van der Waals surface area contributed by atoms with E-state index >= 15 is 0 Å². The number of alkyl halides is 3. The van der Waals surface area contributed by atoms with Crippen LogP contribution >= 0.6 is 0 Å². The molecule has 3 aromatic rings. The van der Waals surface area contributed by atoms with Gasteiger partial charge in [0.2, 0.25) is 11.4 Å². The molecule has 0 amide bonds. The van der Waals surface area contributed by atoms with Crippen molar-refractivity contribution in [3.8, 4) is 5.88 Å². The Bertz CT molecular complexity index is 1390. The van der Waals surface area contributed by atoms with Crippen molar-refractivity contribution >= 4 is 16.7 Å². The Kier molecular flexibility index (Phi) is 5.45. The summed E-state index contributed by atoms with van der Waals surface area (Å²) in [6.07, 6.45) is -2.22. The van der Waals surface area contributed by atoms with Crippen LogP contribution in [0.5, 0.6) is 5.88 Å². The highest BCUT2D eigenvalue weighted by Crippen LogP contribution is 2.41. The average molecular weight is 471 g/mol. The molecule has 11 heteroatoms. The first kappa shape index (κ1) is 22.2. The number of pyridine rings is 1. The molecule has 0 aromatic carbocycles. The van der Waals surface area contributed by atoms with E-state index < -0.39 is 11.7 Å². The second kappa shape index (κ2) is 8.34. The summed E-state index contributed by atoms with van der Waals surface area (Å²) < 4.78 is 50.3. The van der Waals surface area contributed by atoms with Crippen LogP contribution in [0.25, 0.3) is 16.7 Å². The number of nitrogens with zero attached hydrogens (tertiary/aromatic N) is 4. The Morgan fingerprint density at radius 1 is 1.21 bits per heavy atom. The van der Waals surface area contributed by atoms with Crippen LogP contribution in [0.3, 0.4) is 0 Å². The van der Waals surface area contributed by atoms with Crippen molar-refractivity contribution in [2.75, 3.05) is 13.7 Å². The van der Waals surface area contributed by atoms with Crippen molar-refractivity contribution in [1.29, 1.82) is 0 Å². The van der Waals surface area contributed by atoms with Gasteiger partial charge >= 0.3 is 6.18 Å². The fourth-order valence-electron chi connectivity index (χ4n) is 4.16. The summed E-state index contributed by atoms with van der Waals surface area (Å²) in [5.74, 6) is 0.605. The maximum Gasteiger partial charge on any atom is 0.420 e. The highest BCUT2D eigenvalue weighted by molar-refractivity contribution is 5.87. The Balaban J connectivity index is 1.58. The monoisotopic (exact) mass is 471 g/mol. The number of fused-ring (bicyclic) bond motifs is 1. The van der Waals surface area contributed by atoms with E-state index in [0.717, 1.165) is 5.56 Å². The molecule has 1 saturated heterocycles. The van der Waals surface area contributed by atoms with Crippen LogP contribution in [0.15, 0.2) is 34.4 Å². The number of allylic oxidation sites excluding steroid dienone is 1. The quantitative estimate of drug-likeness (QED) is 0.575. The molecule has 1 aliphatic carbocycles. The number of hydrogen-bond acceptors (Lipinski definition) is 7. The number of nitrogens with one attached hydrogen (secondary N) is 1. The van der Waals surface area contributed by atoms with Gasteiger partial charge in [-0.2, -0.15) is 13.2 Å². The van der Waals surface area contributed by atoms with Gasteiger partial charge in [-0.15, -0.1) is 5.73 Å². The molecular weight excluding hydrogens is 451 g/mol. The van der Waals surface area contributed by atoms with Crippen molar-refractivity contribution in [2.24, 2.45) is 0 Å². The molecular formula is C23H20F3N5O3. The van der Waals surface area contributed by atoms with Crippen LogP contribution in [-0.4, -0.2) is 44.8 Å². The molecule has 5 rings (SSSR count). The molecule has 1 N–H and O–H groups in total. The van der Waals surface area contributed by atoms with Crippen molar-refractivity contribution in [2.45, 2.75) is 44.4 Å². The molecule has 2 atom stereocenters. The second-order valence-corrected chi connectivity index (χ2v) is 8.24. The zero-order valence-corrected chi connectivity index (χ0v) is 18.4. The van der Waals surface area contributed by atoms with Gasteiger partial charge in [-0.3, -0.25) is 4.79 Å². The number of hydrogen-bond donors (Lipinski definition) is 1. The lowest BCUT2D eigenvalue weighted by Crippen LogP contribution is -2.22. The van der Waals surface area contributed by atoms with Crippen LogP contribution in [0.2, 0.25) is 0 Å². The standard InChI is InChI=1S/C23H20F3N5O3/c1-11-22(33-2)30-19-18(14-7-15(8-14)23(24,25)26)29-20(31-21(19)28-11)12-5-6-34-16(9-12)13-3-4-17(32)27-10-13/h3-4,10,12,16H,5-7,9H2,1-2H3,(H,27,32)/t12-,16+/m0/s1. The zero-order chi connectivity index (χ0) is 24.0.